The Morgan fingerprint density at radius 3 is 2.54 bits per heavy atom. The van der Waals surface area contributed by atoms with E-state index in [-0.39, 0.29) is 40.2 Å². The Morgan fingerprint density at radius 2 is 1.85 bits per heavy atom. The first-order valence-corrected chi connectivity index (χ1v) is 14.5. The lowest BCUT2D eigenvalue weighted by molar-refractivity contribution is -0.138. The third-order valence-corrected chi connectivity index (χ3v) is 8.17. The van der Waals surface area contributed by atoms with Crippen molar-refractivity contribution < 1.29 is 26.0 Å². The van der Waals surface area contributed by atoms with Crippen molar-refractivity contribution in [3.63, 3.8) is 0 Å². The molecule has 4 aromatic rings. The molecule has 5 rings (SSSR count). The zero-order chi connectivity index (χ0) is 29.5. The van der Waals surface area contributed by atoms with Crippen molar-refractivity contribution in [2.24, 2.45) is 5.92 Å². The highest BCUT2D eigenvalue weighted by Gasteiger charge is 2.38. The maximum absolute atomic E-state index is 15.0. The standard InChI is InChI=1S/C26H24F4N6O4S/c1-41(39,40)17-10-31-23(32-11-17)19-8-15-5-6-36(25(38)18(15)9-20(19)27)13-14-3-2-4-16(7-14)34-21-12-33-35-24(37)22(21)26(28,29)30/h5-6,8-12,14,16H,2-4,7,13H2,1H3,(H2,34,35,37)/t14-,16+/m1/s1. The maximum Gasteiger partial charge on any atom is 0.423 e. The van der Waals surface area contributed by atoms with Gasteiger partial charge in [-0.3, -0.25) is 9.59 Å². The molecule has 3 heterocycles. The highest BCUT2D eigenvalue weighted by Crippen LogP contribution is 2.34. The van der Waals surface area contributed by atoms with Gasteiger partial charge in [-0.2, -0.15) is 18.3 Å². The highest BCUT2D eigenvalue weighted by atomic mass is 32.2. The Balaban J connectivity index is 1.36. The molecule has 2 N–H and O–H groups in total. The molecule has 1 fully saturated rings. The molecule has 0 saturated heterocycles. The fourth-order valence-electron chi connectivity index (χ4n) is 5.14. The predicted octanol–water partition coefficient (Wildman–Crippen LogP) is 3.77. The van der Waals surface area contributed by atoms with Crippen LogP contribution < -0.4 is 16.4 Å². The number of nitrogens with one attached hydrogen (secondary N) is 2. The van der Waals surface area contributed by atoms with E-state index in [2.05, 4.69) is 20.4 Å². The molecule has 1 aromatic carbocycles. The monoisotopic (exact) mass is 592 g/mol. The van der Waals surface area contributed by atoms with Gasteiger partial charge in [-0.1, -0.05) is 6.42 Å². The lowest BCUT2D eigenvalue weighted by Crippen LogP contribution is -2.33. The number of H-pyrrole nitrogens is 1. The van der Waals surface area contributed by atoms with Crippen LogP contribution >= 0.6 is 0 Å². The predicted molar refractivity (Wildman–Crippen MR) is 142 cm³/mol. The lowest BCUT2D eigenvalue weighted by atomic mass is 9.85. The van der Waals surface area contributed by atoms with E-state index in [4.69, 9.17) is 0 Å². The SMILES string of the molecule is CS(=O)(=O)c1cnc(-c2cc3ccn(C[C@@H]4CCC[C@H](Nc5cn[nH]c(=O)c5C(F)(F)F)C4)c(=O)c3cc2F)nc1. The average Bonchev–Trinajstić information content (AvgIpc) is 2.89. The Morgan fingerprint density at radius 1 is 1.12 bits per heavy atom. The summed E-state index contributed by atoms with van der Waals surface area (Å²) < 4.78 is 80.1. The van der Waals surface area contributed by atoms with Gasteiger partial charge in [-0.25, -0.2) is 27.9 Å². The van der Waals surface area contributed by atoms with Gasteiger partial charge in [0.1, 0.15) is 16.3 Å². The number of aromatic nitrogens is 5. The van der Waals surface area contributed by atoms with E-state index in [1.807, 2.05) is 5.10 Å². The van der Waals surface area contributed by atoms with E-state index in [0.29, 0.717) is 24.6 Å². The number of aromatic amines is 1. The van der Waals surface area contributed by atoms with Gasteiger partial charge in [0, 0.05) is 37.4 Å². The second-order valence-corrected chi connectivity index (χ2v) is 12.1. The van der Waals surface area contributed by atoms with Crippen LogP contribution in [0, 0.1) is 11.7 Å². The number of nitrogens with zero attached hydrogens (tertiary/aromatic N) is 4. The second kappa shape index (κ2) is 10.7. The molecule has 0 unspecified atom stereocenters. The number of hydrogen-bond donors (Lipinski definition) is 2. The Hall–Kier alpha value is -4.14. The van der Waals surface area contributed by atoms with Crippen LogP contribution in [0.1, 0.15) is 31.2 Å². The molecule has 0 aliphatic heterocycles. The third kappa shape index (κ3) is 5.99. The van der Waals surface area contributed by atoms with Crippen molar-refractivity contribution >= 4 is 26.3 Å². The van der Waals surface area contributed by atoms with Crippen molar-refractivity contribution in [3.8, 4) is 11.4 Å². The fourth-order valence-corrected chi connectivity index (χ4v) is 5.63. The molecular formula is C26H24F4N6O4S. The molecular weight excluding hydrogens is 568 g/mol. The van der Waals surface area contributed by atoms with Crippen LogP contribution in [0.15, 0.2) is 57.5 Å². The van der Waals surface area contributed by atoms with Gasteiger partial charge in [-0.05, 0) is 48.8 Å². The maximum atomic E-state index is 15.0. The molecule has 41 heavy (non-hydrogen) atoms. The molecule has 10 nitrogen and oxygen atoms in total. The summed E-state index contributed by atoms with van der Waals surface area (Å²) in [5, 5.41) is 8.67. The number of fused-ring (bicyclic) bond motifs is 1. The molecule has 1 saturated carbocycles. The van der Waals surface area contributed by atoms with E-state index in [1.165, 1.54) is 10.6 Å². The van der Waals surface area contributed by atoms with Gasteiger partial charge in [0.15, 0.2) is 15.7 Å². The van der Waals surface area contributed by atoms with Crippen molar-refractivity contribution in [3.05, 3.63) is 75.1 Å². The number of anilines is 1. The molecule has 1 aliphatic carbocycles. The minimum atomic E-state index is -4.85. The van der Waals surface area contributed by atoms with E-state index in [1.54, 1.807) is 12.3 Å². The molecule has 216 valence electrons. The van der Waals surface area contributed by atoms with Crippen LogP contribution in [-0.2, 0) is 22.6 Å². The highest BCUT2D eigenvalue weighted by molar-refractivity contribution is 7.90. The van der Waals surface area contributed by atoms with E-state index >= 15 is 4.39 Å². The molecule has 15 heteroatoms. The molecule has 0 amide bonds. The van der Waals surface area contributed by atoms with Crippen molar-refractivity contribution in [1.29, 1.82) is 0 Å². The second-order valence-electron chi connectivity index (χ2n) is 10.1. The number of rotatable bonds is 6. The molecule has 0 bridgehead atoms. The van der Waals surface area contributed by atoms with E-state index < -0.39 is 44.2 Å². The topological polar surface area (TPSA) is 140 Å². The van der Waals surface area contributed by atoms with Gasteiger partial charge in [0.25, 0.3) is 11.1 Å². The first kappa shape index (κ1) is 28.4. The zero-order valence-corrected chi connectivity index (χ0v) is 22.4. The molecule has 0 spiro atoms. The quantitative estimate of drug-likeness (QED) is 0.323. The number of halogens is 4. The van der Waals surface area contributed by atoms with Crippen molar-refractivity contribution in [2.75, 3.05) is 11.6 Å². The summed E-state index contributed by atoms with van der Waals surface area (Å²) in [4.78, 5) is 32.8. The Bertz CT molecular complexity index is 1840. The first-order chi connectivity index (χ1) is 19.3. The van der Waals surface area contributed by atoms with E-state index in [0.717, 1.165) is 37.3 Å². The summed E-state index contributed by atoms with van der Waals surface area (Å²) in [5.74, 6) is -0.856. The lowest BCUT2D eigenvalue weighted by Gasteiger charge is -2.31. The summed E-state index contributed by atoms with van der Waals surface area (Å²) >= 11 is 0. The zero-order valence-electron chi connectivity index (χ0n) is 21.6. The first-order valence-electron chi connectivity index (χ1n) is 12.6. The molecule has 3 aromatic heterocycles. The average molecular weight is 593 g/mol. The molecule has 2 atom stereocenters. The largest absolute Gasteiger partial charge is 0.423 e. The summed E-state index contributed by atoms with van der Waals surface area (Å²) in [5.41, 5.74) is -3.49. The van der Waals surface area contributed by atoms with Gasteiger partial charge in [-0.15, -0.1) is 0 Å². The van der Waals surface area contributed by atoms with Crippen LogP contribution in [0.3, 0.4) is 0 Å². The normalized spacial score (nSPS) is 18.0. The van der Waals surface area contributed by atoms with Crippen molar-refractivity contribution in [2.45, 2.75) is 49.3 Å². The Kier molecular flexibility index (Phi) is 7.40. The van der Waals surface area contributed by atoms with Gasteiger partial charge in [0.05, 0.1) is 22.8 Å². The van der Waals surface area contributed by atoms with Crippen LogP contribution in [0.5, 0.6) is 0 Å². The number of benzene rings is 1. The third-order valence-electron chi connectivity index (χ3n) is 7.10. The molecule has 1 aliphatic rings. The number of hydrogen-bond acceptors (Lipinski definition) is 8. The van der Waals surface area contributed by atoms with Crippen LogP contribution in [0.4, 0.5) is 23.2 Å². The number of pyridine rings is 1. The van der Waals surface area contributed by atoms with Crippen LogP contribution in [-0.4, -0.2) is 45.4 Å². The number of sulfone groups is 1. The van der Waals surface area contributed by atoms with Gasteiger partial charge >= 0.3 is 6.18 Å². The van der Waals surface area contributed by atoms with Gasteiger partial charge in [0.2, 0.25) is 0 Å². The molecule has 0 radical (unpaired) electrons. The fraction of sp³-hybridized carbons (Fsp3) is 0.346. The van der Waals surface area contributed by atoms with Crippen LogP contribution in [0.25, 0.3) is 22.2 Å². The van der Waals surface area contributed by atoms with Crippen LogP contribution in [0.2, 0.25) is 0 Å². The minimum absolute atomic E-state index is 0.00311. The summed E-state index contributed by atoms with van der Waals surface area (Å²) in [6, 6.07) is 3.77. The number of alkyl halides is 3. The summed E-state index contributed by atoms with van der Waals surface area (Å²) in [6.07, 6.45) is 3.28. The smallest absolute Gasteiger partial charge is 0.380 e. The van der Waals surface area contributed by atoms with Crippen molar-refractivity contribution in [1.82, 2.24) is 24.7 Å². The Labute approximate surface area is 230 Å². The minimum Gasteiger partial charge on any atom is -0.380 e. The van der Waals surface area contributed by atoms with Gasteiger partial charge < -0.3 is 9.88 Å². The van der Waals surface area contributed by atoms with E-state index in [9.17, 15) is 31.2 Å². The summed E-state index contributed by atoms with van der Waals surface area (Å²) in [7, 11) is -3.53. The summed E-state index contributed by atoms with van der Waals surface area (Å²) in [6.45, 7) is 0.270.